The molecule has 4 heteroatoms. The van der Waals surface area contributed by atoms with E-state index in [1.807, 2.05) is 18.2 Å². The lowest BCUT2D eigenvalue weighted by atomic mass is 10.1. The van der Waals surface area contributed by atoms with Crippen LogP contribution in [0, 0.1) is 6.92 Å². The molecule has 0 atom stereocenters. The molecule has 0 saturated heterocycles. The lowest BCUT2D eigenvalue weighted by molar-refractivity contribution is 0.297. The minimum absolute atomic E-state index is 0.688. The van der Waals surface area contributed by atoms with Crippen LogP contribution in [-0.2, 0) is 0 Å². The number of aromatic amines is 1. The first-order valence-corrected chi connectivity index (χ1v) is 7.16. The predicted octanol–water partition coefficient (Wildman–Crippen LogP) is 3.70. The van der Waals surface area contributed by atoms with Crippen molar-refractivity contribution in [2.45, 2.75) is 13.3 Å². The zero-order valence-electron chi connectivity index (χ0n) is 11.8. The summed E-state index contributed by atoms with van der Waals surface area (Å²) in [4.78, 5) is 8.03. The maximum atomic E-state index is 5.72. The van der Waals surface area contributed by atoms with E-state index in [1.165, 1.54) is 5.56 Å². The molecule has 2 aromatic carbocycles. The second-order valence-electron chi connectivity index (χ2n) is 5.32. The SMILES string of the molecule is Cc1cccc(-c2nc3cc4c(cc3[nH]2)OCCCO4)c1. The van der Waals surface area contributed by atoms with Crippen LogP contribution < -0.4 is 9.47 Å². The van der Waals surface area contributed by atoms with Crippen molar-refractivity contribution >= 4 is 11.0 Å². The summed E-state index contributed by atoms with van der Waals surface area (Å²) >= 11 is 0. The van der Waals surface area contributed by atoms with Gasteiger partial charge >= 0.3 is 0 Å². The summed E-state index contributed by atoms with van der Waals surface area (Å²) in [5.41, 5.74) is 4.17. The van der Waals surface area contributed by atoms with Crippen molar-refractivity contribution in [2.24, 2.45) is 0 Å². The Balaban J connectivity index is 1.83. The number of imidazole rings is 1. The van der Waals surface area contributed by atoms with Gasteiger partial charge in [-0.1, -0.05) is 23.8 Å². The average Bonchev–Trinajstić information content (AvgIpc) is 2.76. The van der Waals surface area contributed by atoms with Crippen LogP contribution in [0.4, 0.5) is 0 Å². The van der Waals surface area contributed by atoms with E-state index >= 15 is 0 Å². The van der Waals surface area contributed by atoms with Crippen molar-refractivity contribution in [1.29, 1.82) is 0 Å². The molecular weight excluding hydrogens is 264 g/mol. The monoisotopic (exact) mass is 280 g/mol. The number of hydrogen-bond donors (Lipinski definition) is 1. The molecule has 4 rings (SSSR count). The highest BCUT2D eigenvalue weighted by Crippen LogP contribution is 2.34. The van der Waals surface area contributed by atoms with Gasteiger partial charge in [0.05, 0.1) is 24.2 Å². The van der Waals surface area contributed by atoms with Crippen molar-refractivity contribution in [1.82, 2.24) is 9.97 Å². The minimum atomic E-state index is 0.688. The van der Waals surface area contributed by atoms with Crippen LogP contribution in [0.1, 0.15) is 12.0 Å². The number of hydrogen-bond acceptors (Lipinski definition) is 3. The van der Waals surface area contributed by atoms with Crippen molar-refractivity contribution in [3.8, 4) is 22.9 Å². The Morgan fingerprint density at radius 2 is 1.86 bits per heavy atom. The Bertz CT molecular complexity index is 765. The number of nitrogens with zero attached hydrogens (tertiary/aromatic N) is 1. The summed E-state index contributed by atoms with van der Waals surface area (Å²) in [6.07, 6.45) is 0.907. The van der Waals surface area contributed by atoms with Crippen molar-refractivity contribution < 1.29 is 9.47 Å². The van der Waals surface area contributed by atoms with Crippen LogP contribution in [0.3, 0.4) is 0 Å². The third-order valence-corrected chi connectivity index (χ3v) is 3.64. The number of aryl methyl sites for hydroxylation is 1. The molecule has 0 aliphatic carbocycles. The molecule has 106 valence electrons. The molecule has 0 saturated carbocycles. The Hall–Kier alpha value is -2.49. The number of nitrogens with one attached hydrogen (secondary N) is 1. The van der Waals surface area contributed by atoms with Crippen LogP contribution in [0.15, 0.2) is 36.4 Å². The molecule has 1 aliphatic rings. The van der Waals surface area contributed by atoms with Crippen LogP contribution in [0.5, 0.6) is 11.5 Å². The largest absolute Gasteiger partial charge is 0.489 e. The third-order valence-electron chi connectivity index (χ3n) is 3.64. The van der Waals surface area contributed by atoms with E-state index in [0.717, 1.165) is 40.3 Å². The number of benzene rings is 2. The summed E-state index contributed by atoms with van der Waals surface area (Å²) in [5, 5.41) is 0. The van der Waals surface area contributed by atoms with E-state index in [9.17, 15) is 0 Å². The van der Waals surface area contributed by atoms with Gasteiger partial charge in [-0.2, -0.15) is 0 Å². The van der Waals surface area contributed by atoms with Crippen molar-refractivity contribution in [2.75, 3.05) is 13.2 Å². The lowest BCUT2D eigenvalue weighted by Crippen LogP contribution is -1.97. The summed E-state index contributed by atoms with van der Waals surface area (Å²) < 4.78 is 11.4. The Morgan fingerprint density at radius 1 is 1.05 bits per heavy atom. The molecule has 1 N–H and O–H groups in total. The summed E-state index contributed by atoms with van der Waals surface area (Å²) in [7, 11) is 0. The number of H-pyrrole nitrogens is 1. The van der Waals surface area contributed by atoms with Crippen LogP contribution in [-0.4, -0.2) is 23.2 Å². The first kappa shape index (κ1) is 12.3. The average molecular weight is 280 g/mol. The molecule has 21 heavy (non-hydrogen) atoms. The lowest BCUT2D eigenvalue weighted by Gasteiger charge is -2.05. The highest BCUT2D eigenvalue weighted by atomic mass is 16.5. The van der Waals surface area contributed by atoms with Gasteiger partial charge in [-0.15, -0.1) is 0 Å². The molecule has 0 bridgehead atoms. The molecule has 1 aliphatic heterocycles. The Kier molecular flexibility index (Phi) is 2.81. The van der Waals surface area contributed by atoms with Crippen LogP contribution >= 0.6 is 0 Å². The summed E-state index contributed by atoms with van der Waals surface area (Å²) in [6, 6.07) is 12.2. The molecule has 1 aromatic heterocycles. The predicted molar refractivity (Wildman–Crippen MR) is 81.9 cm³/mol. The highest BCUT2D eigenvalue weighted by molar-refractivity contribution is 5.83. The van der Waals surface area contributed by atoms with Crippen LogP contribution in [0.2, 0.25) is 0 Å². The first-order valence-electron chi connectivity index (χ1n) is 7.16. The number of rotatable bonds is 1. The molecule has 0 unspecified atom stereocenters. The Morgan fingerprint density at radius 3 is 2.67 bits per heavy atom. The summed E-state index contributed by atoms with van der Waals surface area (Å²) in [6.45, 7) is 3.46. The van der Waals surface area contributed by atoms with Crippen LogP contribution in [0.25, 0.3) is 22.4 Å². The molecule has 3 aromatic rings. The zero-order chi connectivity index (χ0) is 14.2. The van der Waals surface area contributed by atoms with Crippen molar-refractivity contribution in [3.63, 3.8) is 0 Å². The fraction of sp³-hybridized carbons (Fsp3) is 0.235. The Labute approximate surface area is 122 Å². The second kappa shape index (κ2) is 4.81. The van der Waals surface area contributed by atoms with Crippen molar-refractivity contribution in [3.05, 3.63) is 42.0 Å². The normalized spacial score (nSPS) is 14.1. The minimum Gasteiger partial charge on any atom is -0.489 e. The van der Waals surface area contributed by atoms with E-state index < -0.39 is 0 Å². The van der Waals surface area contributed by atoms with Gasteiger partial charge in [-0.05, 0) is 13.0 Å². The van der Waals surface area contributed by atoms with E-state index in [2.05, 4.69) is 35.1 Å². The quantitative estimate of drug-likeness (QED) is 0.739. The van der Waals surface area contributed by atoms with Gasteiger partial charge in [-0.3, -0.25) is 0 Å². The third kappa shape index (κ3) is 2.23. The maximum absolute atomic E-state index is 5.72. The molecule has 4 nitrogen and oxygen atoms in total. The smallest absolute Gasteiger partial charge is 0.163 e. The standard InChI is InChI=1S/C17H16N2O2/c1-11-4-2-5-12(8-11)17-18-13-9-15-16(10-14(13)19-17)21-7-3-6-20-15/h2,4-5,8-10H,3,6-7H2,1H3,(H,18,19). The van der Waals surface area contributed by atoms with E-state index in [0.29, 0.717) is 13.2 Å². The van der Waals surface area contributed by atoms with Gasteiger partial charge in [-0.25, -0.2) is 4.98 Å². The molecule has 0 amide bonds. The van der Waals surface area contributed by atoms with Gasteiger partial charge in [0.1, 0.15) is 5.82 Å². The number of aromatic nitrogens is 2. The van der Waals surface area contributed by atoms with Gasteiger partial charge in [0, 0.05) is 24.1 Å². The van der Waals surface area contributed by atoms with Gasteiger partial charge < -0.3 is 14.5 Å². The zero-order valence-corrected chi connectivity index (χ0v) is 11.8. The molecule has 0 spiro atoms. The second-order valence-corrected chi connectivity index (χ2v) is 5.32. The fourth-order valence-electron chi connectivity index (χ4n) is 2.60. The summed E-state index contributed by atoms with van der Waals surface area (Å²) in [5.74, 6) is 2.44. The van der Waals surface area contributed by atoms with Gasteiger partial charge in [0.2, 0.25) is 0 Å². The maximum Gasteiger partial charge on any atom is 0.163 e. The molecule has 2 heterocycles. The first-order chi connectivity index (χ1) is 10.3. The van der Waals surface area contributed by atoms with E-state index in [-0.39, 0.29) is 0 Å². The number of fused-ring (bicyclic) bond motifs is 2. The van der Waals surface area contributed by atoms with E-state index in [1.54, 1.807) is 0 Å². The fourth-order valence-corrected chi connectivity index (χ4v) is 2.60. The molecular formula is C17H16N2O2. The topological polar surface area (TPSA) is 47.1 Å². The highest BCUT2D eigenvalue weighted by Gasteiger charge is 2.14. The molecule has 0 radical (unpaired) electrons. The van der Waals surface area contributed by atoms with E-state index in [4.69, 9.17) is 9.47 Å². The van der Waals surface area contributed by atoms with Gasteiger partial charge in [0.15, 0.2) is 11.5 Å². The number of ether oxygens (including phenoxy) is 2. The molecule has 0 fully saturated rings. The van der Waals surface area contributed by atoms with Gasteiger partial charge in [0.25, 0.3) is 0 Å².